The van der Waals surface area contributed by atoms with Gasteiger partial charge in [0.15, 0.2) is 5.13 Å². The standard InChI is InChI=1S/C39H44N2O11S5/c1-24-5-12-30(13-6-24)54(43,44)56(47,48)51-29-11-17-32-27(21-29)9-16-34-33(32)19-20-39(4)35(52-57(49,50)55(45,46)31-14-7-25(2)8-15-31)22-28(37(34)39)10-18-36(42)41-38-40-23-26(3)53-38/h5-8,11-15,17,21,23,28,33-35,37H,9-10,16,18-20,22H2,1-4H3,(H,40,41,42)/t28-,33?,34?,35+,37?,39-/m1/s1. The maximum absolute atomic E-state index is 13.6. The first-order valence-corrected chi connectivity index (χ1v) is 26.2. The van der Waals surface area contributed by atoms with Gasteiger partial charge in [0.1, 0.15) is 5.75 Å². The average molecular weight is 877 g/mol. The average Bonchev–Trinajstić information content (AvgIpc) is 3.68. The van der Waals surface area contributed by atoms with E-state index in [9.17, 15) is 38.5 Å². The van der Waals surface area contributed by atoms with Crippen molar-refractivity contribution in [3.63, 3.8) is 0 Å². The molecule has 3 aliphatic rings. The lowest BCUT2D eigenvalue weighted by atomic mass is 9.53. The summed E-state index contributed by atoms with van der Waals surface area (Å²) in [5.74, 6) is -0.758. The zero-order chi connectivity index (χ0) is 41.1. The smallest absolute Gasteiger partial charge is 0.371 e. The highest BCUT2D eigenvalue weighted by atomic mass is 33.2. The minimum absolute atomic E-state index is 0.00616. The number of anilines is 1. The van der Waals surface area contributed by atoms with Gasteiger partial charge in [0.05, 0.1) is 15.9 Å². The van der Waals surface area contributed by atoms with Gasteiger partial charge in [-0.15, -0.1) is 11.3 Å². The van der Waals surface area contributed by atoms with Crippen molar-refractivity contribution in [2.45, 2.75) is 94.5 Å². The Morgan fingerprint density at radius 3 is 2.05 bits per heavy atom. The third-order valence-corrected chi connectivity index (χ3v) is 21.2. The van der Waals surface area contributed by atoms with E-state index in [0.717, 1.165) is 27.1 Å². The summed E-state index contributed by atoms with van der Waals surface area (Å²) in [5, 5.41) is 3.32. The van der Waals surface area contributed by atoms with Crippen molar-refractivity contribution in [1.29, 1.82) is 0 Å². The molecule has 1 aromatic heterocycles. The molecule has 0 saturated heterocycles. The van der Waals surface area contributed by atoms with E-state index in [1.807, 2.05) is 13.8 Å². The minimum Gasteiger partial charge on any atom is -0.371 e. The van der Waals surface area contributed by atoms with Crippen molar-refractivity contribution in [3.8, 4) is 5.75 Å². The molecule has 1 heterocycles. The second kappa shape index (κ2) is 15.2. The summed E-state index contributed by atoms with van der Waals surface area (Å²) in [5.41, 5.74) is 2.53. The summed E-state index contributed by atoms with van der Waals surface area (Å²) in [4.78, 5) is 17.5. The van der Waals surface area contributed by atoms with Gasteiger partial charge in [-0.05, 0) is 136 Å². The fourth-order valence-electron chi connectivity index (χ4n) is 9.20. The Bertz CT molecular complexity index is 2640. The Morgan fingerprint density at radius 2 is 1.46 bits per heavy atom. The highest BCUT2D eigenvalue weighted by molar-refractivity contribution is 8.65. The molecule has 4 aromatic rings. The van der Waals surface area contributed by atoms with Gasteiger partial charge >= 0.3 is 36.0 Å². The van der Waals surface area contributed by atoms with Crippen molar-refractivity contribution in [1.82, 2.24) is 4.98 Å². The Labute approximate surface area is 337 Å². The van der Waals surface area contributed by atoms with Crippen LogP contribution in [0.2, 0.25) is 0 Å². The maximum atomic E-state index is 13.6. The number of hydrogen-bond acceptors (Lipinski definition) is 13. The molecule has 306 valence electrons. The molecule has 0 aliphatic heterocycles. The summed E-state index contributed by atoms with van der Waals surface area (Å²) in [7, 11) is -20.0. The second-order valence-corrected chi connectivity index (χ2v) is 26.7. The molecule has 0 spiro atoms. The Balaban J connectivity index is 1.15. The lowest BCUT2D eigenvalue weighted by Crippen LogP contribution is -2.46. The van der Waals surface area contributed by atoms with Crippen LogP contribution >= 0.6 is 11.3 Å². The van der Waals surface area contributed by atoms with Gasteiger partial charge in [-0.2, -0.15) is 16.8 Å². The van der Waals surface area contributed by atoms with Crippen molar-refractivity contribution >= 4 is 58.4 Å². The molecule has 18 heteroatoms. The van der Waals surface area contributed by atoms with E-state index < -0.39 is 52.5 Å². The van der Waals surface area contributed by atoms with Crippen LogP contribution in [0, 0.1) is 43.9 Å². The molecule has 13 nitrogen and oxygen atoms in total. The molecule has 1 amide bonds. The van der Waals surface area contributed by atoms with Gasteiger partial charge < -0.3 is 9.50 Å². The monoisotopic (exact) mass is 876 g/mol. The summed E-state index contributed by atoms with van der Waals surface area (Å²) in [6.45, 7) is 7.35. The van der Waals surface area contributed by atoms with Gasteiger partial charge in [0.2, 0.25) is 5.91 Å². The molecule has 57 heavy (non-hydrogen) atoms. The highest BCUT2D eigenvalue weighted by Crippen LogP contribution is 2.64. The van der Waals surface area contributed by atoms with E-state index in [4.69, 9.17) is 8.37 Å². The van der Waals surface area contributed by atoms with E-state index in [1.165, 1.54) is 65.9 Å². The summed E-state index contributed by atoms with van der Waals surface area (Å²) in [6, 6.07) is 15.7. The van der Waals surface area contributed by atoms with E-state index in [-0.39, 0.29) is 53.1 Å². The van der Waals surface area contributed by atoms with Gasteiger partial charge in [0, 0.05) is 17.5 Å². The van der Waals surface area contributed by atoms with E-state index in [1.54, 1.807) is 32.2 Å². The predicted octanol–water partition coefficient (Wildman–Crippen LogP) is 6.77. The number of carbonyl (C=O) groups is 1. The largest absolute Gasteiger partial charge is 0.423 e. The Morgan fingerprint density at radius 1 is 0.842 bits per heavy atom. The fraction of sp³-hybridized carbons (Fsp3) is 0.436. The fourth-order valence-corrected chi connectivity index (χ4v) is 15.6. The number of hydrogen-bond donors (Lipinski definition) is 1. The van der Waals surface area contributed by atoms with Crippen molar-refractivity contribution in [3.05, 3.63) is 100 Å². The topological polar surface area (TPSA) is 197 Å². The van der Waals surface area contributed by atoms with Crippen LogP contribution in [-0.2, 0) is 51.4 Å². The quantitative estimate of drug-likeness (QED) is 0.147. The number of aromatic nitrogens is 1. The number of amides is 1. The number of nitrogens with one attached hydrogen (secondary N) is 1. The molecule has 6 atom stereocenters. The number of aryl methyl sites for hydroxylation is 4. The first-order valence-electron chi connectivity index (χ1n) is 18.6. The van der Waals surface area contributed by atoms with Crippen LogP contribution in [0.1, 0.15) is 78.5 Å². The van der Waals surface area contributed by atoms with Crippen molar-refractivity contribution in [2.75, 3.05) is 5.32 Å². The summed E-state index contributed by atoms with van der Waals surface area (Å²) < 4.78 is 117. The third kappa shape index (κ3) is 7.80. The molecular formula is C39H44N2O11S5. The van der Waals surface area contributed by atoms with Crippen molar-refractivity contribution < 1.29 is 46.8 Å². The van der Waals surface area contributed by atoms with E-state index in [0.29, 0.717) is 37.2 Å². The second-order valence-electron chi connectivity index (χ2n) is 15.6. The molecule has 3 aromatic carbocycles. The van der Waals surface area contributed by atoms with E-state index >= 15 is 0 Å². The highest BCUT2D eigenvalue weighted by Gasteiger charge is 2.60. The van der Waals surface area contributed by atoms with E-state index in [2.05, 4.69) is 10.3 Å². The molecule has 7 rings (SSSR count). The van der Waals surface area contributed by atoms with Gasteiger partial charge in [0.25, 0.3) is 0 Å². The van der Waals surface area contributed by atoms with Crippen LogP contribution < -0.4 is 9.50 Å². The van der Waals surface area contributed by atoms with Crippen LogP contribution in [0.3, 0.4) is 0 Å². The first-order chi connectivity index (χ1) is 26.7. The Hall–Kier alpha value is -3.68. The SMILES string of the molecule is Cc1ccc(S(=O)(=O)S(=O)(=O)Oc2ccc3c(c2)CCC2C3CC[C@@]3(C)C2[C@H](CCC(=O)Nc2ncc(C)s2)C[C@@H]3OS(=O)(=O)S(=O)(=O)c2ccc(C)cc2)cc1. The molecular weight excluding hydrogens is 833 g/mol. The maximum Gasteiger partial charge on any atom is 0.423 e. The first kappa shape index (κ1) is 41.5. The predicted molar refractivity (Wildman–Crippen MR) is 215 cm³/mol. The zero-order valence-corrected chi connectivity index (χ0v) is 35.8. The molecule has 2 saturated carbocycles. The zero-order valence-electron chi connectivity index (χ0n) is 31.7. The third-order valence-electron chi connectivity index (χ3n) is 12.0. The number of benzene rings is 3. The summed E-state index contributed by atoms with van der Waals surface area (Å²) >= 11 is 1.35. The minimum atomic E-state index is -5.14. The van der Waals surface area contributed by atoms with Crippen LogP contribution in [-0.4, -0.2) is 50.7 Å². The molecule has 0 radical (unpaired) electrons. The molecule has 0 bridgehead atoms. The van der Waals surface area contributed by atoms with Crippen LogP contribution in [0.15, 0.2) is 82.7 Å². The lowest BCUT2D eigenvalue weighted by molar-refractivity contribution is -0.116. The molecule has 3 unspecified atom stereocenters. The van der Waals surface area contributed by atoms with Crippen LogP contribution in [0.25, 0.3) is 0 Å². The Kier molecular flexibility index (Phi) is 11.0. The number of fused-ring (bicyclic) bond motifs is 5. The summed E-state index contributed by atoms with van der Waals surface area (Å²) in [6.07, 6.45) is 3.66. The molecule has 2 fully saturated rings. The van der Waals surface area contributed by atoms with Crippen molar-refractivity contribution in [2.24, 2.45) is 23.2 Å². The number of carbonyl (C=O) groups excluding carboxylic acids is 1. The van der Waals surface area contributed by atoms with Gasteiger partial charge in [-0.1, -0.05) is 48.4 Å². The normalized spacial score (nSPS) is 24.9. The van der Waals surface area contributed by atoms with Crippen LogP contribution in [0.5, 0.6) is 5.75 Å². The molecule has 1 N–H and O–H groups in total. The number of nitrogens with zero attached hydrogens (tertiary/aromatic N) is 1. The molecule has 3 aliphatic carbocycles. The number of rotatable bonds is 12. The lowest BCUT2D eigenvalue weighted by Gasteiger charge is -2.51. The van der Waals surface area contributed by atoms with Gasteiger partial charge in [-0.3, -0.25) is 8.98 Å². The van der Waals surface area contributed by atoms with Gasteiger partial charge in [-0.25, -0.2) is 21.8 Å². The number of thiazole rings is 1. The van der Waals surface area contributed by atoms with Crippen LogP contribution in [0.4, 0.5) is 5.13 Å².